The molecule has 28 heavy (non-hydrogen) atoms. The Morgan fingerprint density at radius 3 is 2.75 bits per heavy atom. The minimum Gasteiger partial charge on any atom is -0.490 e. The predicted molar refractivity (Wildman–Crippen MR) is 107 cm³/mol. The molecule has 158 valence electrons. The van der Waals surface area contributed by atoms with E-state index in [0.29, 0.717) is 24.9 Å². The number of nitrogens with one attached hydrogen (secondary N) is 2. The zero-order valence-corrected chi connectivity index (χ0v) is 17.0. The second kappa shape index (κ2) is 11.7. The lowest BCUT2D eigenvalue weighted by atomic mass is 10.2. The second-order valence-corrected chi connectivity index (χ2v) is 6.59. The third-order valence-electron chi connectivity index (χ3n) is 4.70. The summed E-state index contributed by atoms with van der Waals surface area (Å²) in [6.07, 6.45) is 2.44. The first-order chi connectivity index (χ1) is 13.6. The monoisotopic (exact) mass is 398 g/mol. The number of aliphatic imine (C=N–C) groups is 1. The summed E-state index contributed by atoms with van der Waals surface area (Å²) in [6.45, 7) is 7.74. The summed E-state index contributed by atoms with van der Waals surface area (Å²) in [5.74, 6) is 1.09. The van der Waals surface area contributed by atoms with E-state index in [2.05, 4.69) is 32.2 Å². The number of nitrogens with zero attached hydrogens (tertiary/aromatic N) is 2. The molecule has 1 saturated heterocycles. The first kappa shape index (κ1) is 22.2. The fourth-order valence-electron chi connectivity index (χ4n) is 3.38. The van der Waals surface area contributed by atoms with E-state index in [-0.39, 0.29) is 5.75 Å². The van der Waals surface area contributed by atoms with Crippen LogP contribution in [0.15, 0.2) is 23.2 Å². The summed E-state index contributed by atoms with van der Waals surface area (Å²) in [6, 6.07) is 5.46. The van der Waals surface area contributed by atoms with E-state index < -0.39 is 6.61 Å². The Hall–Kier alpha value is -2.09. The van der Waals surface area contributed by atoms with Crippen LogP contribution in [-0.2, 0) is 6.54 Å². The van der Waals surface area contributed by atoms with Gasteiger partial charge in [0, 0.05) is 19.1 Å². The molecule has 0 aromatic heterocycles. The van der Waals surface area contributed by atoms with Gasteiger partial charge in [0.1, 0.15) is 0 Å². The van der Waals surface area contributed by atoms with E-state index in [1.54, 1.807) is 19.1 Å². The molecule has 1 fully saturated rings. The average Bonchev–Trinajstić information content (AvgIpc) is 3.13. The van der Waals surface area contributed by atoms with Crippen LogP contribution in [0, 0.1) is 0 Å². The summed E-state index contributed by atoms with van der Waals surface area (Å²) in [7, 11) is 0. The molecule has 0 bridgehead atoms. The van der Waals surface area contributed by atoms with Crippen molar-refractivity contribution in [2.75, 3.05) is 32.8 Å². The highest BCUT2D eigenvalue weighted by Crippen LogP contribution is 2.30. The predicted octanol–water partition coefficient (Wildman–Crippen LogP) is 3.23. The molecule has 1 aliphatic heterocycles. The van der Waals surface area contributed by atoms with Crippen molar-refractivity contribution in [1.82, 2.24) is 15.5 Å². The van der Waals surface area contributed by atoms with Crippen molar-refractivity contribution in [2.24, 2.45) is 4.99 Å². The van der Waals surface area contributed by atoms with Crippen molar-refractivity contribution in [3.63, 3.8) is 0 Å². The van der Waals surface area contributed by atoms with Gasteiger partial charge in [-0.3, -0.25) is 4.90 Å². The van der Waals surface area contributed by atoms with Crippen molar-refractivity contribution < 1.29 is 18.3 Å². The second-order valence-electron chi connectivity index (χ2n) is 6.59. The van der Waals surface area contributed by atoms with Crippen LogP contribution in [0.2, 0.25) is 0 Å². The highest BCUT2D eigenvalue weighted by atomic mass is 19.3. The first-order valence-corrected chi connectivity index (χ1v) is 10.0. The molecule has 1 unspecified atom stereocenters. The van der Waals surface area contributed by atoms with Crippen LogP contribution < -0.4 is 20.1 Å². The quantitative estimate of drug-likeness (QED) is 0.468. The van der Waals surface area contributed by atoms with Crippen LogP contribution in [0.5, 0.6) is 11.5 Å². The van der Waals surface area contributed by atoms with Crippen LogP contribution >= 0.6 is 0 Å². The van der Waals surface area contributed by atoms with Crippen molar-refractivity contribution in [1.29, 1.82) is 0 Å². The zero-order chi connectivity index (χ0) is 20.4. The van der Waals surface area contributed by atoms with Gasteiger partial charge in [-0.1, -0.05) is 13.0 Å². The highest BCUT2D eigenvalue weighted by Gasteiger charge is 2.22. The normalized spacial score (nSPS) is 17.8. The summed E-state index contributed by atoms with van der Waals surface area (Å²) < 4.78 is 35.0. The standard InChI is InChI=1S/C20H32F2N4O2/c1-4-23-20(25-14-16-8-7-11-26(16)5-2)24-13-15-9-10-17(28-19(21)22)18(12-15)27-6-3/h9-10,12,16,19H,4-8,11,13-14H2,1-3H3,(H2,23,24,25). The molecule has 1 heterocycles. The van der Waals surface area contributed by atoms with Crippen LogP contribution in [0.3, 0.4) is 0 Å². The Morgan fingerprint density at radius 2 is 2.07 bits per heavy atom. The number of likely N-dealkylation sites (tertiary alicyclic amines) is 1. The Kier molecular flexibility index (Phi) is 9.27. The molecule has 2 rings (SSSR count). The van der Waals surface area contributed by atoms with Crippen molar-refractivity contribution in [3.05, 3.63) is 23.8 Å². The van der Waals surface area contributed by atoms with Gasteiger partial charge in [0.25, 0.3) is 0 Å². The Morgan fingerprint density at radius 1 is 1.25 bits per heavy atom. The number of alkyl halides is 2. The Bertz CT molecular complexity index is 628. The van der Waals surface area contributed by atoms with Crippen molar-refractivity contribution in [3.8, 4) is 11.5 Å². The minimum absolute atomic E-state index is 0.0375. The highest BCUT2D eigenvalue weighted by molar-refractivity contribution is 5.79. The maximum Gasteiger partial charge on any atom is 0.387 e. The van der Waals surface area contributed by atoms with E-state index in [9.17, 15) is 8.78 Å². The third kappa shape index (κ3) is 6.82. The van der Waals surface area contributed by atoms with Gasteiger partial charge < -0.3 is 20.1 Å². The van der Waals surface area contributed by atoms with Gasteiger partial charge >= 0.3 is 6.61 Å². The molecule has 1 aliphatic rings. The fraction of sp³-hybridized carbons (Fsp3) is 0.650. The lowest BCUT2D eigenvalue weighted by Gasteiger charge is -2.24. The number of hydrogen-bond donors (Lipinski definition) is 2. The number of guanidine groups is 1. The van der Waals surface area contributed by atoms with Gasteiger partial charge in [0.15, 0.2) is 17.5 Å². The molecule has 0 spiro atoms. The number of benzene rings is 1. The topological polar surface area (TPSA) is 58.1 Å². The maximum absolute atomic E-state index is 12.5. The summed E-state index contributed by atoms with van der Waals surface area (Å²) in [4.78, 5) is 7.10. The van der Waals surface area contributed by atoms with Crippen LogP contribution in [0.25, 0.3) is 0 Å². The number of ether oxygens (including phenoxy) is 2. The van der Waals surface area contributed by atoms with E-state index >= 15 is 0 Å². The lowest BCUT2D eigenvalue weighted by Crippen LogP contribution is -2.44. The fourth-order valence-corrected chi connectivity index (χ4v) is 3.38. The van der Waals surface area contributed by atoms with E-state index in [1.165, 1.54) is 18.9 Å². The molecule has 0 amide bonds. The first-order valence-electron chi connectivity index (χ1n) is 10.0. The summed E-state index contributed by atoms with van der Waals surface area (Å²) >= 11 is 0. The van der Waals surface area contributed by atoms with Gasteiger partial charge in [0.05, 0.1) is 13.2 Å². The van der Waals surface area contributed by atoms with Gasteiger partial charge in [-0.15, -0.1) is 0 Å². The Balaban J connectivity index is 2.01. The number of rotatable bonds is 10. The number of halogens is 2. The van der Waals surface area contributed by atoms with E-state index in [4.69, 9.17) is 4.74 Å². The number of likely N-dealkylation sites (N-methyl/N-ethyl adjacent to an activating group) is 1. The molecule has 1 atom stereocenters. The zero-order valence-electron chi connectivity index (χ0n) is 17.0. The summed E-state index contributed by atoms with van der Waals surface area (Å²) in [5.41, 5.74) is 0.860. The third-order valence-corrected chi connectivity index (χ3v) is 4.70. The summed E-state index contributed by atoms with van der Waals surface area (Å²) in [5, 5.41) is 6.67. The molecule has 1 aromatic rings. The minimum atomic E-state index is -2.88. The molecule has 6 nitrogen and oxygen atoms in total. The number of hydrogen-bond acceptors (Lipinski definition) is 4. The van der Waals surface area contributed by atoms with Crippen molar-refractivity contribution in [2.45, 2.75) is 52.8 Å². The van der Waals surface area contributed by atoms with Crippen molar-refractivity contribution >= 4 is 5.96 Å². The van der Waals surface area contributed by atoms with Crippen LogP contribution in [-0.4, -0.2) is 56.3 Å². The lowest BCUT2D eigenvalue weighted by molar-refractivity contribution is -0.0514. The smallest absolute Gasteiger partial charge is 0.387 e. The van der Waals surface area contributed by atoms with Gasteiger partial charge in [0.2, 0.25) is 0 Å². The Labute approximate surface area is 166 Å². The molecular formula is C20H32F2N4O2. The van der Waals surface area contributed by atoms with E-state index in [1.807, 2.05) is 6.92 Å². The molecule has 8 heteroatoms. The van der Waals surface area contributed by atoms with Crippen LogP contribution in [0.4, 0.5) is 8.78 Å². The van der Waals surface area contributed by atoms with Gasteiger partial charge in [-0.05, 0) is 57.5 Å². The molecule has 0 saturated carbocycles. The molecular weight excluding hydrogens is 366 g/mol. The SMILES string of the molecule is CCNC(=NCc1ccc(OC(F)F)c(OCC)c1)NCC1CCCN1CC. The van der Waals surface area contributed by atoms with Crippen LogP contribution in [0.1, 0.15) is 39.2 Å². The van der Waals surface area contributed by atoms with E-state index in [0.717, 1.165) is 37.7 Å². The maximum atomic E-state index is 12.5. The molecule has 2 N–H and O–H groups in total. The molecule has 0 aliphatic carbocycles. The van der Waals surface area contributed by atoms with Gasteiger partial charge in [-0.2, -0.15) is 8.78 Å². The van der Waals surface area contributed by atoms with Gasteiger partial charge in [-0.25, -0.2) is 4.99 Å². The molecule has 1 aromatic carbocycles. The largest absolute Gasteiger partial charge is 0.490 e. The average molecular weight is 398 g/mol. The molecule has 0 radical (unpaired) electrons.